The molecule has 106 valence electrons. The molecule has 1 N–H and O–H groups in total. The summed E-state index contributed by atoms with van der Waals surface area (Å²) < 4.78 is 0. The van der Waals surface area contributed by atoms with Gasteiger partial charge in [0.1, 0.15) is 0 Å². The predicted octanol–water partition coefficient (Wildman–Crippen LogP) is 3.28. The second-order valence-corrected chi connectivity index (χ2v) is 7.14. The van der Waals surface area contributed by atoms with Gasteiger partial charge in [0.25, 0.3) is 0 Å². The fourth-order valence-electron chi connectivity index (χ4n) is 4.27. The maximum Gasteiger partial charge on any atom is 0.00884 e. The van der Waals surface area contributed by atoms with E-state index in [9.17, 15) is 0 Å². The van der Waals surface area contributed by atoms with Crippen molar-refractivity contribution in [2.75, 3.05) is 26.7 Å². The van der Waals surface area contributed by atoms with Gasteiger partial charge in [0, 0.05) is 12.6 Å². The van der Waals surface area contributed by atoms with Gasteiger partial charge in [0.2, 0.25) is 0 Å². The van der Waals surface area contributed by atoms with E-state index in [0.29, 0.717) is 5.41 Å². The molecule has 0 atom stereocenters. The Bertz CT molecular complexity index is 235. The summed E-state index contributed by atoms with van der Waals surface area (Å²) in [7, 11) is 2.11. The largest absolute Gasteiger partial charge is 0.317 e. The molecule has 1 aliphatic heterocycles. The number of hydrogen-bond donors (Lipinski definition) is 1. The standard InChI is InChI=1S/C16H32N2/c1-14(2)12-16(8-4-5-9-16)13-18-10-6-15(17-3)7-11-18/h14-15,17H,4-13H2,1-3H3. The highest BCUT2D eigenvalue weighted by Crippen LogP contribution is 2.44. The Labute approximate surface area is 114 Å². The van der Waals surface area contributed by atoms with Crippen molar-refractivity contribution in [3.05, 3.63) is 0 Å². The van der Waals surface area contributed by atoms with Crippen LogP contribution in [0.15, 0.2) is 0 Å². The molecule has 18 heavy (non-hydrogen) atoms. The first-order valence-electron chi connectivity index (χ1n) is 8.03. The molecule has 2 aliphatic rings. The highest BCUT2D eigenvalue weighted by Gasteiger charge is 2.36. The Kier molecular flexibility index (Phi) is 5.08. The van der Waals surface area contributed by atoms with Gasteiger partial charge >= 0.3 is 0 Å². The normalized spacial score (nSPS) is 26.0. The molecule has 0 unspecified atom stereocenters. The molecule has 2 rings (SSSR count). The zero-order valence-corrected chi connectivity index (χ0v) is 12.7. The zero-order valence-electron chi connectivity index (χ0n) is 12.7. The first-order valence-corrected chi connectivity index (χ1v) is 8.03. The van der Waals surface area contributed by atoms with Crippen LogP contribution in [0.1, 0.15) is 58.8 Å². The van der Waals surface area contributed by atoms with Crippen molar-refractivity contribution < 1.29 is 0 Å². The molecule has 0 radical (unpaired) electrons. The maximum absolute atomic E-state index is 3.43. The number of rotatable bonds is 5. The van der Waals surface area contributed by atoms with Crippen molar-refractivity contribution in [3.8, 4) is 0 Å². The summed E-state index contributed by atoms with van der Waals surface area (Å²) in [6.07, 6.45) is 10.0. The molecular formula is C16H32N2. The van der Waals surface area contributed by atoms with Crippen LogP contribution in [0.2, 0.25) is 0 Å². The minimum atomic E-state index is 0.667. The molecule has 0 aromatic heterocycles. The molecule has 2 nitrogen and oxygen atoms in total. The molecule has 1 saturated carbocycles. The summed E-state index contributed by atoms with van der Waals surface area (Å²) in [5.74, 6) is 0.859. The van der Waals surface area contributed by atoms with E-state index in [1.54, 1.807) is 0 Å². The van der Waals surface area contributed by atoms with E-state index in [1.165, 1.54) is 64.6 Å². The molecule has 1 heterocycles. The molecule has 0 aromatic rings. The Hall–Kier alpha value is -0.0800. The molecule has 1 saturated heterocycles. The van der Waals surface area contributed by atoms with Gasteiger partial charge in [0.05, 0.1) is 0 Å². The predicted molar refractivity (Wildman–Crippen MR) is 78.9 cm³/mol. The van der Waals surface area contributed by atoms with Gasteiger partial charge in [-0.3, -0.25) is 0 Å². The smallest absolute Gasteiger partial charge is 0.00884 e. The zero-order chi connectivity index (χ0) is 13.0. The van der Waals surface area contributed by atoms with Crippen LogP contribution < -0.4 is 5.32 Å². The quantitative estimate of drug-likeness (QED) is 0.808. The first-order chi connectivity index (χ1) is 8.63. The Morgan fingerprint density at radius 3 is 2.28 bits per heavy atom. The average Bonchev–Trinajstić information content (AvgIpc) is 2.77. The van der Waals surface area contributed by atoms with Gasteiger partial charge in [0.15, 0.2) is 0 Å². The fourth-order valence-corrected chi connectivity index (χ4v) is 4.27. The number of nitrogens with zero attached hydrogens (tertiary/aromatic N) is 1. The van der Waals surface area contributed by atoms with Gasteiger partial charge < -0.3 is 10.2 Å². The van der Waals surface area contributed by atoms with E-state index in [0.717, 1.165) is 12.0 Å². The van der Waals surface area contributed by atoms with Crippen molar-refractivity contribution in [2.45, 2.75) is 64.8 Å². The lowest BCUT2D eigenvalue weighted by Crippen LogP contribution is -2.45. The fraction of sp³-hybridized carbons (Fsp3) is 1.00. The summed E-state index contributed by atoms with van der Waals surface area (Å²) >= 11 is 0. The third-order valence-electron chi connectivity index (χ3n) is 5.06. The summed E-state index contributed by atoms with van der Waals surface area (Å²) in [4.78, 5) is 2.75. The van der Waals surface area contributed by atoms with Crippen molar-refractivity contribution >= 4 is 0 Å². The summed E-state index contributed by atoms with van der Waals surface area (Å²) in [5.41, 5.74) is 0.667. The lowest BCUT2D eigenvalue weighted by atomic mass is 9.77. The van der Waals surface area contributed by atoms with E-state index < -0.39 is 0 Å². The van der Waals surface area contributed by atoms with Crippen molar-refractivity contribution in [1.82, 2.24) is 10.2 Å². The Balaban J connectivity index is 1.86. The molecular weight excluding hydrogens is 220 g/mol. The Morgan fingerprint density at radius 2 is 1.78 bits per heavy atom. The Morgan fingerprint density at radius 1 is 1.17 bits per heavy atom. The highest BCUT2D eigenvalue weighted by atomic mass is 15.1. The third-order valence-corrected chi connectivity index (χ3v) is 5.06. The lowest BCUT2D eigenvalue weighted by Gasteiger charge is -2.40. The first kappa shape index (κ1) is 14.3. The van der Waals surface area contributed by atoms with Gasteiger partial charge in [-0.1, -0.05) is 26.7 Å². The van der Waals surface area contributed by atoms with E-state index >= 15 is 0 Å². The van der Waals surface area contributed by atoms with Crippen LogP contribution in [0.3, 0.4) is 0 Å². The number of likely N-dealkylation sites (tertiary alicyclic amines) is 1. The van der Waals surface area contributed by atoms with Crippen molar-refractivity contribution in [3.63, 3.8) is 0 Å². The molecule has 0 aromatic carbocycles. The number of nitrogens with one attached hydrogen (secondary N) is 1. The van der Waals surface area contributed by atoms with Crippen molar-refractivity contribution in [2.24, 2.45) is 11.3 Å². The van der Waals surface area contributed by atoms with Gasteiger partial charge in [-0.25, -0.2) is 0 Å². The van der Waals surface area contributed by atoms with Gasteiger partial charge in [-0.2, -0.15) is 0 Å². The SMILES string of the molecule is CNC1CCN(CC2(CC(C)C)CCCC2)CC1. The minimum Gasteiger partial charge on any atom is -0.317 e. The second-order valence-electron chi connectivity index (χ2n) is 7.14. The monoisotopic (exact) mass is 252 g/mol. The van der Waals surface area contributed by atoms with E-state index in [4.69, 9.17) is 0 Å². The van der Waals surface area contributed by atoms with Crippen LogP contribution in [0, 0.1) is 11.3 Å². The number of hydrogen-bond acceptors (Lipinski definition) is 2. The molecule has 1 aliphatic carbocycles. The van der Waals surface area contributed by atoms with Gasteiger partial charge in [-0.05, 0) is 63.6 Å². The third kappa shape index (κ3) is 3.71. The van der Waals surface area contributed by atoms with Crippen molar-refractivity contribution in [1.29, 1.82) is 0 Å². The van der Waals surface area contributed by atoms with Crippen LogP contribution >= 0.6 is 0 Å². The second kappa shape index (κ2) is 6.38. The van der Waals surface area contributed by atoms with Crippen LogP contribution in [-0.4, -0.2) is 37.6 Å². The van der Waals surface area contributed by atoms with Crippen LogP contribution in [-0.2, 0) is 0 Å². The minimum absolute atomic E-state index is 0.667. The van der Waals surface area contributed by atoms with E-state index in [1.807, 2.05) is 0 Å². The molecule has 0 bridgehead atoms. The average molecular weight is 252 g/mol. The van der Waals surface area contributed by atoms with Crippen LogP contribution in [0.25, 0.3) is 0 Å². The summed E-state index contributed by atoms with van der Waals surface area (Å²) in [6, 6.07) is 0.769. The summed E-state index contributed by atoms with van der Waals surface area (Å²) in [6.45, 7) is 8.79. The van der Waals surface area contributed by atoms with Gasteiger partial charge in [-0.15, -0.1) is 0 Å². The topological polar surface area (TPSA) is 15.3 Å². The summed E-state index contributed by atoms with van der Waals surface area (Å²) in [5, 5.41) is 3.43. The highest BCUT2D eigenvalue weighted by molar-refractivity contribution is 4.90. The van der Waals surface area contributed by atoms with E-state index in [2.05, 4.69) is 31.1 Å². The van der Waals surface area contributed by atoms with E-state index in [-0.39, 0.29) is 0 Å². The maximum atomic E-state index is 3.43. The molecule has 2 fully saturated rings. The van der Waals surface area contributed by atoms with Crippen LogP contribution in [0.4, 0.5) is 0 Å². The number of piperidine rings is 1. The molecule has 0 amide bonds. The lowest BCUT2D eigenvalue weighted by molar-refractivity contribution is 0.103. The van der Waals surface area contributed by atoms with Crippen LogP contribution in [0.5, 0.6) is 0 Å². The molecule has 2 heteroatoms. The molecule has 0 spiro atoms.